The molecule has 1 atom stereocenters. The first-order valence-electron chi connectivity index (χ1n) is 9.35. The first kappa shape index (κ1) is 19.7. The van der Waals surface area contributed by atoms with E-state index in [4.69, 9.17) is 0 Å². The number of para-hydroxylation sites is 1. The zero-order valence-corrected chi connectivity index (χ0v) is 15.8. The van der Waals surface area contributed by atoms with E-state index >= 15 is 0 Å². The van der Waals surface area contributed by atoms with Gasteiger partial charge in [0.15, 0.2) is 0 Å². The summed E-state index contributed by atoms with van der Waals surface area (Å²) in [4.78, 5) is 24.5. The van der Waals surface area contributed by atoms with Gasteiger partial charge in [-0.05, 0) is 54.5 Å². The van der Waals surface area contributed by atoms with Crippen molar-refractivity contribution in [1.82, 2.24) is 0 Å². The Hall–Kier alpha value is -2.62. The first-order valence-corrected chi connectivity index (χ1v) is 9.35. The number of unbranched alkanes of at least 4 members (excludes halogenated alkanes) is 1. The average Bonchev–Trinajstić information content (AvgIpc) is 2.67. The monoisotopic (exact) mass is 352 g/mol. The Morgan fingerprint density at radius 2 is 1.58 bits per heavy atom. The highest BCUT2D eigenvalue weighted by Crippen LogP contribution is 2.26. The molecule has 0 heterocycles. The van der Waals surface area contributed by atoms with Gasteiger partial charge in [0.05, 0.1) is 0 Å². The smallest absolute Gasteiger partial charge is 0.314 e. The van der Waals surface area contributed by atoms with E-state index in [-0.39, 0.29) is 0 Å². The summed E-state index contributed by atoms with van der Waals surface area (Å²) in [7, 11) is 0. The van der Waals surface area contributed by atoms with Gasteiger partial charge in [-0.25, -0.2) is 0 Å². The minimum Gasteiger partial charge on any atom is -0.318 e. The number of hydrogen-bond acceptors (Lipinski definition) is 2. The van der Waals surface area contributed by atoms with Crippen LogP contribution in [0.2, 0.25) is 0 Å². The molecule has 4 nitrogen and oxygen atoms in total. The van der Waals surface area contributed by atoms with Crippen molar-refractivity contribution < 1.29 is 9.59 Å². The van der Waals surface area contributed by atoms with Crippen molar-refractivity contribution in [2.75, 3.05) is 10.6 Å². The highest BCUT2D eigenvalue weighted by Gasteiger charge is 2.17. The average molecular weight is 352 g/mol. The van der Waals surface area contributed by atoms with Crippen molar-refractivity contribution in [1.29, 1.82) is 0 Å². The molecule has 2 N–H and O–H groups in total. The van der Waals surface area contributed by atoms with Crippen molar-refractivity contribution in [3.8, 4) is 0 Å². The molecule has 0 fully saturated rings. The Kier molecular flexibility index (Phi) is 7.39. The molecule has 4 heteroatoms. The highest BCUT2D eigenvalue weighted by molar-refractivity contribution is 6.43. The number of aryl methyl sites for hydroxylation is 1. The van der Waals surface area contributed by atoms with Crippen molar-refractivity contribution >= 4 is 23.2 Å². The molecule has 0 aliphatic rings. The summed E-state index contributed by atoms with van der Waals surface area (Å²) in [5.74, 6) is -1.01. The molecule has 0 radical (unpaired) electrons. The Morgan fingerprint density at radius 3 is 2.23 bits per heavy atom. The summed E-state index contributed by atoms with van der Waals surface area (Å²) >= 11 is 0. The number of benzene rings is 2. The van der Waals surface area contributed by atoms with E-state index in [9.17, 15) is 9.59 Å². The molecule has 2 rings (SSSR count). The molecule has 0 aliphatic heterocycles. The van der Waals surface area contributed by atoms with Crippen LogP contribution in [0, 0.1) is 0 Å². The molecule has 2 aromatic carbocycles. The molecular weight excluding hydrogens is 324 g/mol. The largest absolute Gasteiger partial charge is 0.318 e. The predicted molar refractivity (Wildman–Crippen MR) is 107 cm³/mol. The van der Waals surface area contributed by atoms with Gasteiger partial charge >= 0.3 is 11.8 Å². The number of anilines is 2. The van der Waals surface area contributed by atoms with Crippen LogP contribution in [0.25, 0.3) is 0 Å². The maximum absolute atomic E-state index is 12.3. The topological polar surface area (TPSA) is 58.2 Å². The van der Waals surface area contributed by atoms with Gasteiger partial charge < -0.3 is 10.6 Å². The second-order valence-electron chi connectivity index (χ2n) is 6.61. The third-order valence-corrected chi connectivity index (χ3v) is 4.59. The van der Waals surface area contributed by atoms with Crippen LogP contribution >= 0.6 is 0 Å². The maximum atomic E-state index is 12.3. The van der Waals surface area contributed by atoms with E-state index in [1.807, 2.05) is 48.5 Å². The molecule has 0 bridgehead atoms. The molecular formula is C22H28N2O2. The van der Waals surface area contributed by atoms with Gasteiger partial charge in [-0.15, -0.1) is 0 Å². The highest BCUT2D eigenvalue weighted by atomic mass is 16.2. The fourth-order valence-electron chi connectivity index (χ4n) is 2.76. The summed E-state index contributed by atoms with van der Waals surface area (Å²) in [6.07, 6.45) is 4.28. The lowest BCUT2D eigenvalue weighted by atomic mass is 9.97. The summed E-state index contributed by atoms with van der Waals surface area (Å²) < 4.78 is 0. The zero-order valence-electron chi connectivity index (χ0n) is 15.8. The number of amides is 2. The van der Waals surface area contributed by atoms with Crippen LogP contribution in [0.5, 0.6) is 0 Å². The predicted octanol–water partition coefficient (Wildman–Crippen LogP) is 5.12. The van der Waals surface area contributed by atoms with Crippen molar-refractivity contribution in [2.45, 2.75) is 52.4 Å². The van der Waals surface area contributed by atoms with Crippen molar-refractivity contribution in [3.63, 3.8) is 0 Å². The SMILES string of the molecule is CCCCc1ccc(NC(=O)C(=O)Nc2ccccc2C(C)CC)cc1. The second kappa shape index (κ2) is 9.76. The minimum absolute atomic E-state index is 0.310. The maximum Gasteiger partial charge on any atom is 0.314 e. The van der Waals surface area contributed by atoms with Gasteiger partial charge in [-0.2, -0.15) is 0 Å². The minimum atomic E-state index is -0.662. The van der Waals surface area contributed by atoms with Gasteiger partial charge in [0.1, 0.15) is 0 Å². The van der Waals surface area contributed by atoms with Crippen LogP contribution in [-0.4, -0.2) is 11.8 Å². The third-order valence-electron chi connectivity index (χ3n) is 4.59. The molecule has 2 aromatic rings. The second-order valence-corrected chi connectivity index (χ2v) is 6.61. The quantitative estimate of drug-likeness (QED) is 0.680. The number of hydrogen-bond donors (Lipinski definition) is 2. The van der Waals surface area contributed by atoms with E-state index in [0.717, 1.165) is 31.2 Å². The molecule has 138 valence electrons. The molecule has 1 unspecified atom stereocenters. The number of nitrogens with one attached hydrogen (secondary N) is 2. The van der Waals surface area contributed by atoms with Gasteiger partial charge in [0.25, 0.3) is 0 Å². The molecule has 0 saturated heterocycles. The van der Waals surface area contributed by atoms with E-state index in [2.05, 4.69) is 31.4 Å². The summed E-state index contributed by atoms with van der Waals surface area (Å²) in [6, 6.07) is 15.3. The molecule has 0 aromatic heterocycles. The van der Waals surface area contributed by atoms with Gasteiger partial charge in [0.2, 0.25) is 0 Å². The number of carbonyl (C=O) groups is 2. The molecule has 2 amide bonds. The lowest BCUT2D eigenvalue weighted by Crippen LogP contribution is -2.29. The Bertz CT molecular complexity index is 738. The molecule has 0 saturated carbocycles. The van der Waals surface area contributed by atoms with Gasteiger partial charge in [-0.1, -0.05) is 57.5 Å². The van der Waals surface area contributed by atoms with Gasteiger partial charge in [-0.3, -0.25) is 9.59 Å². The Balaban J connectivity index is 1.99. The summed E-state index contributed by atoms with van der Waals surface area (Å²) in [6.45, 7) is 6.36. The lowest BCUT2D eigenvalue weighted by Gasteiger charge is -2.15. The van der Waals surface area contributed by atoms with E-state index in [0.29, 0.717) is 17.3 Å². The van der Waals surface area contributed by atoms with Crippen LogP contribution in [0.15, 0.2) is 48.5 Å². The third kappa shape index (κ3) is 5.45. The molecule has 0 spiro atoms. The Labute approximate surface area is 156 Å². The van der Waals surface area contributed by atoms with E-state index in [1.165, 1.54) is 5.56 Å². The summed E-state index contributed by atoms with van der Waals surface area (Å²) in [5.41, 5.74) is 3.59. The van der Waals surface area contributed by atoms with Crippen LogP contribution in [-0.2, 0) is 16.0 Å². The first-order chi connectivity index (χ1) is 12.5. The fourth-order valence-corrected chi connectivity index (χ4v) is 2.76. The van der Waals surface area contributed by atoms with Crippen LogP contribution in [0.1, 0.15) is 57.1 Å². The standard InChI is InChI=1S/C22H28N2O2/c1-4-6-9-17-12-14-18(15-13-17)23-21(25)22(26)24-20-11-8-7-10-19(20)16(3)5-2/h7-8,10-16H,4-6,9H2,1-3H3,(H,23,25)(H,24,26). The van der Waals surface area contributed by atoms with Crippen LogP contribution in [0.3, 0.4) is 0 Å². The van der Waals surface area contributed by atoms with E-state index < -0.39 is 11.8 Å². The van der Waals surface area contributed by atoms with Crippen LogP contribution < -0.4 is 10.6 Å². The fraction of sp³-hybridized carbons (Fsp3) is 0.364. The Morgan fingerprint density at radius 1 is 0.923 bits per heavy atom. The molecule has 26 heavy (non-hydrogen) atoms. The zero-order chi connectivity index (χ0) is 18.9. The van der Waals surface area contributed by atoms with Gasteiger partial charge in [0, 0.05) is 11.4 Å². The van der Waals surface area contributed by atoms with E-state index in [1.54, 1.807) is 0 Å². The van der Waals surface area contributed by atoms with Crippen molar-refractivity contribution in [2.24, 2.45) is 0 Å². The van der Waals surface area contributed by atoms with Crippen LogP contribution in [0.4, 0.5) is 11.4 Å². The lowest BCUT2D eigenvalue weighted by molar-refractivity contribution is -0.133. The normalized spacial score (nSPS) is 11.7. The summed E-state index contributed by atoms with van der Waals surface area (Å²) in [5, 5.41) is 5.39. The van der Waals surface area contributed by atoms with Crippen molar-refractivity contribution in [3.05, 3.63) is 59.7 Å². The number of rotatable bonds is 7. The number of carbonyl (C=O) groups excluding carboxylic acids is 2. The molecule has 0 aliphatic carbocycles.